The minimum absolute atomic E-state index is 0.713. The molecule has 1 aliphatic heterocycles. The first kappa shape index (κ1) is 30.5. The minimum atomic E-state index is 0.713. The molecule has 1 aliphatic rings. The highest BCUT2D eigenvalue weighted by molar-refractivity contribution is 7.99. The van der Waals surface area contributed by atoms with Crippen molar-refractivity contribution in [3.63, 3.8) is 0 Å². The van der Waals surface area contributed by atoms with Gasteiger partial charge in [0.05, 0.1) is 27.9 Å². The summed E-state index contributed by atoms with van der Waals surface area (Å²) in [5, 5.41) is 7.22. The Bertz CT molecular complexity index is 3350. The summed E-state index contributed by atoms with van der Waals surface area (Å²) in [5.41, 5.74) is 12.1. The van der Waals surface area contributed by atoms with Gasteiger partial charge in [-0.25, -0.2) is 9.97 Å². The molecule has 0 aliphatic carbocycles. The van der Waals surface area contributed by atoms with E-state index in [1.165, 1.54) is 59.1 Å². The summed E-state index contributed by atoms with van der Waals surface area (Å²) in [4.78, 5) is 13.1. The highest BCUT2D eigenvalue weighted by atomic mass is 32.2. The topological polar surface area (TPSA) is 35.6 Å². The molecule has 256 valence electrons. The van der Waals surface area contributed by atoms with Gasteiger partial charge in [-0.3, -0.25) is 9.13 Å². The number of fused-ring (bicyclic) bond motifs is 9. The standard InChI is InChI=1S/C50H30N4S/c1-2-16-33(17-3-1)53-42-26-11-9-22-39(42)46-40-24-13-27-45-48(40)54(50(46)53)43-30-32(28-29-44(43)55-45)35-19-6-7-20-37(35)49-51-41-25-10-8-21-38(41)47(52-49)36-23-12-15-31-14-4-5-18-34(31)36/h1-30H. The number of hydrogen-bond acceptors (Lipinski definition) is 3. The van der Waals surface area contributed by atoms with Gasteiger partial charge in [-0.1, -0.05) is 151 Å². The van der Waals surface area contributed by atoms with Gasteiger partial charge in [-0.05, 0) is 64.4 Å². The Morgan fingerprint density at radius 3 is 2.05 bits per heavy atom. The van der Waals surface area contributed by atoms with E-state index in [0.717, 1.165) is 44.5 Å². The van der Waals surface area contributed by atoms with Crippen molar-refractivity contribution in [2.75, 3.05) is 0 Å². The normalized spacial score (nSPS) is 12.3. The van der Waals surface area contributed by atoms with Crippen LogP contribution in [0.15, 0.2) is 192 Å². The van der Waals surface area contributed by atoms with Crippen molar-refractivity contribution in [2.24, 2.45) is 0 Å². The summed E-state index contributed by atoms with van der Waals surface area (Å²) in [7, 11) is 0. The lowest BCUT2D eigenvalue weighted by atomic mass is 9.97. The molecule has 5 heteroatoms. The monoisotopic (exact) mass is 718 g/mol. The summed E-state index contributed by atoms with van der Waals surface area (Å²) in [6.45, 7) is 0. The molecule has 0 unspecified atom stereocenters. The van der Waals surface area contributed by atoms with Gasteiger partial charge in [0.2, 0.25) is 0 Å². The lowest BCUT2D eigenvalue weighted by Crippen LogP contribution is -2.06. The van der Waals surface area contributed by atoms with E-state index < -0.39 is 0 Å². The number of rotatable bonds is 4. The molecule has 0 bridgehead atoms. The molecule has 0 saturated carbocycles. The molecular formula is C50H30N4S. The van der Waals surface area contributed by atoms with Crippen LogP contribution in [0.25, 0.3) is 99.7 Å². The smallest absolute Gasteiger partial charge is 0.161 e. The van der Waals surface area contributed by atoms with Gasteiger partial charge in [0, 0.05) is 48.2 Å². The molecule has 8 aromatic carbocycles. The second-order valence-electron chi connectivity index (χ2n) is 14.1. The zero-order chi connectivity index (χ0) is 36.0. The third kappa shape index (κ3) is 4.48. The average molecular weight is 719 g/mol. The fourth-order valence-electron chi connectivity index (χ4n) is 8.75. The fourth-order valence-corrected chi connectivity index (χ4v) is 9.82. The van der Waals surface area contributed by atoms with E-state index >= 15 is 0 Å². The minimum Gasteiger partial charge on any atom is -0.295 e. The van der Waals surface area contributed by atoms with Crippen LogP contribution in [0.3, 0.4) is 0 Å². The number of hydrogen-bond donors (Lipinski definition) is 0. The molecule has 0 fully saturated rings. The molecular weight excluding hydrogens is 689 g/mol. The average Bonchev–Trinajstić information content (AvgIpc) is 3.77. The van der Waals surface area contributed by atoms with Crippen LogP contribution in [0.5, 0.6) is 0 Å². The zero-order valence-corrected chi connectivity index (χ0v) is 30.3. The summed E-state index contributed by atoms with van der Waals surface area (Å²) >= 11 is 1.85. The van der Waals surface area contributed by atoms with Crippen molar-refractivity contribution < 1.29 is 0 Å². The Morgan fingerprint density at radius 2 is 1.15 bits per heavy atom. The van der Waals surface area contributed by atoms with Crippen molar-refractivity contribution >= 4 is 66.3 Å². The maximum absolute atomic E-state index is 5.40. The molecule has 11 aromatic rings. The molecule has 0 amide bonds. The van der Waals surface area contributed by atoms with Crippen LogP contribution in [-0.4, -0.2) is 19.1 Å². The Labute approximate surface area is 321 Å². The third-order valence-electron chi connectivity index (χ3n) is 11.1. The molecule has 4 heterocycles. The van der Waals surface area contributed by atoms with Gasteiger partial charge in [-0.15, -0.1) is 0 Å². The molecule has 0 saturated heterocycles. The first-order chi connectivity index (χ1) is 27.3. The van der Waals surface area contributed by atoms with E-state index in [9.17, 15) is 0 Å². The molecule has 4 nitrogen and oxygen atoms in total. The van der Waals surface area contributed by atoms with Crippen LogP contribution in [-0.2, 0) is 0 Å². The van der Waals surface area contributed by atoms with E-state index in [2.05, 4.69) is 191 Å². The van der Waals surface area contributed by atoms with Crippen molar-refractivity contribution in [3.8, 4) is 45.1 Å². The molecule has 3 aromatic heterocycles. The van der Waals surface area contributed by atoms with Gasteiger partial charge in [0.25, 0.3) is 0 Å². The molecule has 0 atom stereocenters. The number of para-hydroxylation sites is 4. The molecule has 12 rings (SSSR count). The van der Waals surface area contributed by atoms with E-state index in [-0.39, 0.29) is 0 Å². The van der Waals surface area contributed by atoms with Gasteiger partial charge in [-0.2, -0.15) is 0 Å². The van der Waals surface area contributed by atoms with Crippen LogP contribution >= 0.6 is 11.8 Å². The zero-order valence-electron chi connectivity index (χ0n) is 29.5. The van der Waals surface area contributed by atoms with Crippen LogP contribution < -0.4 is 0 Å². The maximum atomic E-state index is 5.40. The Balaban J connectivity index is 1.11. The molecule has 55 heavy (non-hydrogen) atoms. The molecule has 0 N–H and O–H groups in total. The van der Waals surface area contributed by atoms with E-state index in [0.29, 0.717) is 5.82 Å². The van der Waals surface area contributed by atoms with Crippen LogP contribution in [0.4, 0.5) is 0 Å². The third-order valence-corrected chi connectivity index (χ3v) is 12.2. The number of nitrogens with zero attached hydrogens (tertiary/aromatic N) is 4. The van der Waals surface area contributed by atoms with E-state index in [1.807, 2.05) is 11.8 Å². The van der Waals surface area contributed by atoms with Gasteiger partial charge in [0.15, 0.2) is 5.82 Å². The quantitative estimate of drug-likeness (QED) is 0.182. The second kappa shape index (κ2) is 11.8. The van der Waals surface area contributed by atoms with Crippen molar-refractivity contribution in [3.05, 3.63) is 182 Å². The van der Waals surface area contributed by atoms with E-state index in [1.54, 1.807) is 0 Å². The predicted octanol–water partition coefficient (Wildman–Crippen LogP) is 13.3. The summed E-state index contributed by atoms with van der Waals surface area (Å²) in [5.74, 6) is 0.713. The second-order valence-corrected chi connectivity index (χ2v) is 15.2. The number of aromatic nitrogens is 4. The number of benzene rings is 8. The largest absolute Gasteiger partial charge is 0.295 e. The lowest BCUT2D eigenvalue weighted by Gasteiger charge is -2.22. The lowest BCUT2D eigenvalue weighted by molar-refractivity contribution is 1.03. The van der Waals surface area contributed by atoms with Crippen LogP contribution in [0.1, 0.15) is 0 Å². The van der Waals surface area contributed by atoms with Crippen molar-refractivity contribution in [1.82, 2.24) is 19.1 Å². The Morgan fingerprint density at radius 1 is 0.455 bits per heavy atom. The SMILES string of the molecule is c1ccc(-n2c3ccccc3c3c4cccc5c4n(c32)-c2cc(-c3ccccc3-c3nc(-c4cccc6ccccc46)c4ccccc4n3)ccc2S5)cc1. The summed E-state index contributed by atoms with van der Waals surface area (Å²) in [6.07, 6.45) is 0. The first-order valence-corrected chi connectivity index (χ1v) is 19.4. The highest BCUT2D eigenvalue weighted by Gasteiger charge is 2.28. The van der Waals surface area contributed by atoms with Gasteiger partial charge in [0.1, 0.15) is 5.65 Å². The summed E-state index contributed by atoms with van der Waals surface area (Å²) in [6, 6.07) is 65.2. The first-order valence-electron chi connectivity index (χ1n) is 18.6. The maximum Gasteiger partial charge on any atom is 0.161 e. The van der Waals surface area contributed by atoms with E-state index in [4.69, 9.17) is 9.97 Å². The van der Waals surface area contributed by atoms with Crippen LogP contribution in [0.2, 0.25) is 0 Å². The van der Waals surface area contributed by atoms with Crippen molar-refractivity contribution in [2.45, 2.75) is 9.79 Å². The summed E-state index contributed by atoms with van der Waals surface area (Å²) < 4.78 is 4.95. The molecule has 0 spiro atoms. The molecule has 0 radical (unpaired) electrons. The fraction of sp³-hybridized carbons (Fsp3) is 0. The Hall–Kier alpha value is -6.95. The van der Waals surface area contributed by atoms with Gasteiger partial charge >= 0.3 is 0 Å². The van der Waals surface area contributed by atoms with Crippen LogP contribution in [0, 0.1) is 0 Å². The predicted molar refractivity (Wildman–Crippen MR) is 229 cm³/mol. The van der Waals surface area contributed by atoms with Gasteiger partial charge < -0.3 is 0 Å². The highest BCUT2D eigenvalue weighted by Crippen LogP contribution is 2.50. The Kier molecular flexibility index (Phi) is 6.53. The van der Waals surface area contributed by atoms with Crippen molar-refractivity contribution in [1.29, 1.82) is 0 Å².